The maximum absolute atomic E-state index is 13.3. The highest BCUT2D eigenvalue weighted by Gasteiger charge is 2.50. The van der Waals surface area contributed by atoms with Crippen LogP contribution in [0, 0.1) is 5.41 Å². The number of piperidine rings is 1. The average molecular weight is 470 g/mol. The van der Waals surface area contributed by atoms with Gasteiger partial charge in [-0.3, -0.25) is 4.79 Å². The molecule has 3 aliphatic rings. The van der Waals surface area contributed by atoms with Crippen molar-refractivity contribution in [2.24, 2.45) is 5.41 Å². The first-order chi connectivity index (χ1) is 16.4. The van der Waals surface area contributed by atoms with Crippen molar-refractivity contribution in [3.63, 3.8) is 0 Å². The maximum Gasteiger partial charge on any atom is 0.336 e. The number of rotatable bonds is 6. The summed E-state index contributed by atoms with van der Waals surface area (Å²) in [6, 6.07) is 3.49. The van der Waals surface area contributed by atoms with Crippen LogP contribution in [0.3, 0.4) is 0 Å². The fourth-order valence-corrected chi connectivity index (χ4v) is 5.05. The number of ether oxygens (including phenoxy) is 2. The smallest absolute Gasteiger partial charge is 0.336 e. The number of nitrogens with zero attached hydrogens (tertiary/aromatic N) is 7. The molecule has 0 saturated carbocycles. The molecule has 2 fully saturated rings. The molecule has 1 N–H and O–H groups in total. The summed E-state index contributed by atoms with van der Waals surface area (Å²) >= 11 is 0. The van der Waals surface area contributed by atoms with E-state index < -0.39 is 11.5 Å². The Kier molecular flexibility index (Phi) is 5.78. The minimum atomic E-state index is -0.801. The van der Waals surface area contributed by atoms with E-state index in [1.807, 2.05) is 0 Å². The highest BCUT2D eigenvalue weighted by atomic mass is 16.5. The van der Waals surface area contributed by atoms with Crippen LogP contribution in [0.5, 0.6) is 5.88 Å². The standard InChI is InChI=1S/C22H27N7O5/c1-14-16(12-34-20(14)31)28-10-7-22(21(28)32)5-8-27(9-6-22)11-17(30)15-3-4-18(24-19(15)33-2)29-13-23-25-26-29/h3-4,13,17,30H,5-12H2,1-2H3. The van der Waals surface area contributed by atoms with Gasteiger partial charge in [-0.25, -0.2) is 4.79 Å². The first-order valence-electron chi connectivity index (χ1n) is 11.3. The molecule has 0 radical (unpaired) electrons. The highest BCUT2D eigenvalue weighted by molar-refractivity contribution is 5.94. The number of hydrogen-bond acceptors (Lipinski definition) is 10. The van der Waals surface area contributed by atoms with E-state index in [9.17, 15) is 14.7 Å². The van der Waals surface area contributed by atoms with Gasteiger partial charge in [0.1, 0.15) is 12.9 Å². The Morgan fingerprint density at radius 2 is 1.97 bits per heavy atom. The summed E-state index contributed by atoms with van der Waals surface area (Å²) in [6.07, 6.45) is 2.82. The largest absolute Gasteiger partial charge is 0.481 e. The monoisotopic (exact) mass is 469 g/mol. The quantitative estimate of drug-likeness (QED) is 0.586. The first-order valence-corrected chi connectivity index (χ1v) is 11.3. The summed E-state index contributed by atoms with van der Waals surface area (Å²) in [5, 5.41) is 21.9. The third kappa shape index (κ3) is 3.82. The lowest BCUT2D eigenvalue weighted by Gasteiger charge is -2.38. The van der Waals surface area contributed by atoms with Crippen molar-refractivity contribution in [1.29, 1.82) is 0 Å². The fraction of sp³-hybridized carbons (Fsp3) is 0.545. The normalized spacial score (nSPS) is 21.4. The summed E-state index contributed by atoms with van der Waals surface area (Å²) in [6.45, 7) is 4.30. The van der Waals surface area contributed by atoms with Gasteiger partial charge < -0.3 is 24.4 Å². The Hall–Kier alpha value is -3.38. The van der Waals surface area contributed by atoms with E-state index in [0.717, 1.165) is 6.42 Å². The molecule has 0 aromatic carbocycles. The number of amides is 1. The molecule has 180 valence electrons. The lowest BCUT2D eigenvalue weighted by molar-refractivity contribution is -0.138. The Bertz CT molecular complexity index is 1120. The van der Waals surface area contributed by atoms with Gasteiger partial charge in [0, 0.05) is 18.7 Å². The van der Waals surface area contributed by atoms with Gasteiger partial charge in [-0.05, 0) is 61.8 Å². The Labute approximate surface area is 196 Å². The number of tetrazole rings is 1. The van der Waals surface area contributed by atoms with Gasteiger partial charge in [0.15, 0.2) is 5.82 Å². The van der Waals surface area contributed by atoms with E-state index in [2.05, 4.69) is 25.4 Å². The number of esters is 1. The number of aliphatic hydroxyl groups is 1. The summed E-state index contributed by atoms with van der Waals surface area (Å²) in [4.78, 5) is 33.3. The molecule has 5 rings (SSSR count). The number of pyridine rings is 1. The van der Waals surface area contributed by atoms with Crippen LogP contribution in [0.2, 0.25) is 0 Å². The molecule has 0 aliphatic carbocycles. The number of β-amino-alcohol motifs (C(OH)–C–C–N with tert-alkyl or cyclic N) is 1. The van der Waals surface area contributed by atoms with Crippen molar-refractivity contribution in [2.75, 3.05) is 39.9 Å². The second-order valence-corrected chi connectivity index (χ2v) is 8.97. The number of carbonyl (C=O) groups excluding carboxylic acids is 2. The first kappa shape index (κ1) is 22.4. The summed E-state index contributed by atoms with van der Waals surface area (Å²) in [5.74, 6) is 0.544. The Balaban J connectivity index is 1.22. The van der Waals surface area contributed by atoms with E-state index in [0.29, 0.717) is 67.6 Å². The van der Waals surface area contributed by atoms with Crippen molar-refractivity contribution >= 4 is 11.9 Å². The van der Waals surface area contributed by atoms with E-state index in [4.69, 9.17) is 9.47 Å². The molecule has 3 aliphatic heterocycles. The van der Waals surface area contributed by atoms with Gasteiger partial charge in [-0.15, -0.1) is 5.10 Å². The molecule has 1 unspecified atom stereocenters. The molecule has 2 aromatic heterocycles. The SMILES string of the molecule is COc1nc(-n2cnnn2)ccc1C(O)CN1CCC2(CC1)CCN(C1=C(C)C(=O)OC1)C2=O. The molecule has 34 heavy (non-hydrogen) atoms. The van der Waals surface area contributed by atoms with Crippen LogP contribution in [0.1, 0.15) is 37.9 Å². The maximum atomic E-state index is 13.3. The number of cyclic esters (lactones) is 1. The molecule has 2 saturated heterocycles. The number of likely N-dealkylation sites (tertiary alicyclic amines) is 2. The molecular weight excluding hydrogens is 442 g/mol. The van der Waals surface area contributed by atoms with Crippen molar-refractivity contribution in [1.82, 2.24) is 35.0 Å². The predicted molar refractivity (Wildman–Crippen MR) is 117 cm³/mol. The molecule has 2 aromatic rings. The van der Waals surface area contributed by atoms with Gasteiger partial charge in [0.25, 0.3) is 0 Å². The average Bonchev–Trinajstić information content (AvgIpc) is 3.57. The predicted octanol–water partition coefficient (Wildman–Crippen LogP) is 0.245. The Morgan fingerprint density at radius 3 is 2.62 bits per heavy atom. The summed E-state index contributed by atoms with van der Waals surface area (Å²) in [7, 11) is 1.50. The van der Waals surface area contributed by atoms with Crippen LogP contribution < -0.4 is 4.74 Å². The number of aromatic nitrogens is 5. The van der Waals surface area contributed by atoms with E-state index >= 15 is 0 Å². The lowest BCUT2D eigenvalue weighted by atomic mass is 9.77. The fourth-order valence-electron chi connectivity index (χ4n) is 5.05. The third-order valence-electron chi connectivity index (χ3n) is 7.17. The third-order valence-corrected chi connectivity index (χ3v) is 7.17. The molecule has 5 heterocycles. The zero-order valence-electron chi connectivity index (χ0n) is 19.2. The van der Waals surface area contributed by atoms with Crippen LogP contribution in [0.15, 0.2) is 29.7 Å². The van der Waals surface area contributed by atoms with Crippen molar-refractivity contribution < 1.29 is 24.2 Å². The van der Waals surface area contributed by atoms with E-state index in [1.165, 1.54) is 18.1 Å². The van der Waals surface area contributed by atoms with Crippen molar-refractivity contribution in [2.45, 2.75) is 32.3 Å². The van der Waals surface area contributed by atoms with Crippen LogP contribution in [0.25, 0.3) is 5.82 Å². The van der Waals surface area contributed by atoms with Gasteiger partial charge >= 0.3 is 5.97 Å². The highest BCUT2D eigenvalue weighted by Crippen LogP contribution is 2.44. The van der Waals surface area contributed by atoms with Gasteiger partial charge in [0.05, 0.1) is 29.9 Å². The summed E-state index contributed by atoms with van der Waals surface area (Å²) < 4.78 is 11.9. The molecule has 12 nitrogen and oxygen atoms in total. The van der Waals surface area contributed by atoms with Gasteiger partial charge in [-0.2, -0.15) is 9.67 Å². The van der Waals surface area contributed by atoms with E-state index in [-0.39, 0.29) is 18.5 Å². The minimum absolute atomic E-state index is 0.0874. The Morgan fingerprint density at radius 1 is 1.21 bits per heavy atom. The van der Waals surface area contributed by atoms with Gasteiger partial charge in [-0.1, -0.05) is 0 Å². The van der Waals surface area contributed by atoms with Crippen LogP contribution in [-0.2, 0) is 14.3 Å². The molecule has 1 spiro atoms. The van der Waals surface area contributed by atoms with Crippen LogP contribution in [0.4, 0.5) is 0 Å². The molecule has 1 amide bonds. The van der Waals surface area contributed by atoms with Crippen LogP contribution in [-0.4, -0.2) is 91.9 Å². The van der Waals surface area contributed by atoms with Crippen molar-refractivity contribution in [3.8, 4) is 11.7 Å². The zero-order valence-corrected chi connectivity index (χ0v) is 19.2. The molecule has 1 atom stereocenters. The molecule has 0 bridgehead atoms. The number of carbonyl (C=O) groups is 2. The summed E-state index contributed by atoms with van der Waals surface area (Å²) in [5.41, 5.74) is 1.40. The zero-order chi connectivity index (χ0) is 23.9. The molecule has 12 heteroatoms. The lowest BCUT2D eigenvalue weighted by Crippen LogP contribution is -2.45. The number of methoxy groups -OCH3 is 1. The second kappa shape index (κ2) is 8.76. The van der Waals surface area contributed by atoms with Crippen LogP contribution >= 0.6 is 0 Å². The minimum Gasteiger partial charge on any atom is -0.481 e. The molecular formula is C22H27N7O5. The number of aliphatic hydroxyl groups excluding tert-OH is 1. The van der Waals surface area contributed by atoms with Gasteiger partial charge in [0.2, 0.25) is 11.8 Å². The topological polar surface area (TPSA) is 136 Å². The number of hydrogen-bond donors (Lipinski definition) is 1. The van der Waals surface area contributed by atoms with Crippen molar-refractivity contribution in [3.05, 3.63) is 35.3 Å². The second-order valence-electron chi connectivity index (χ2n) is 8.97. The van der Waals surface area contributed by atoms with E-state index in [1.54, 1.807) is 24.0 Å².